The Labute approximate surface area is 240 Å². The van der Waals surface area contributed by atoms with Crippen LogP contribution < -0.4 is 5.32 Å². The van der Waals surface area contributed by atoms with Gasteiger partial charge < -0.3 is 19.7 Å². The Hall–Kier alpha value is -3.40. The lowest BCUT2D eigenvalue weighted by atomic mass is 9.90. The van der Waals surface area contributed by atoms with Crippen molar-refractivity contribution in [2.24, 2.45) is 4.99 Å². The summed E-state index contributed by atoms with van der Waals surface area (Å²) in [5.74, 6) is -0.457. The second kappa shape index (κ2) is 12.8. The summed E-state index contributed by atoms with van der Waals surface area (Å²) in [5, 5.41) is 5.81. The molecule has 5 rings (SSSR count). The number of carbonyl (C=O) groups is 2. The number of rotatable bonds is 9. The smallest absolute Gasteiger partial charge is 0.338 e. The fourth-order valence-electron chi connectivity index (χ4n) is 5.19. The number of morpholine rings is 1. The molecular weight excluding hydrogens is 524 g/mol. The molecule has 3 aliphatic heterocycles. The summed E-state index contributed by atoms with van der Waals surface area (Å²) in [6.45, 7) is 10.7. The summed E-state index contributed by atoms with van der Waals surface area (Å²) in [4.78, 5) is 35.8. The van der Waals surface area contributed by atoms with Crippen LogP contribution in [0.3, 0.4) is 0 Å². The Kier molecular flexibility index (Phi) is 9.04. The molecule has 1 saturated heterocycles. The highest BCUT2D eigenvalue weighted by Crippen LogP contribution is 2.45. The van der Waals surface area contributed by atoms with Gasteiger partial charge >= 0.3 is 5.97 Å². The lowest BCUT2D eigenvalue weighted by molar-refractivity contribution is -0.141. The lowest BCUT2D eigenvalue weighted by Gasteiger charge is -2.37. The van der Waals surface area contributed by atoms with Crippen molar-refractivity contribution in [2.75, 3.05) is 39.4 Å². The third kappa shape index (κ3) is 6.49. The predicted molar refractivity (Wildman–Crippen MR) is 157 cm³/mol. The molecule has 9 heteroatoms. The number of thioether (sulfide) groups is 1. The van der Waals surface area contributed by atoms with Crippen molar-refractivity contribution in [1.82, 2.24) is 15.1 Å². The van der Waals surface area contributed by atoms with Gasteiger partial charge in [-0.15, -0.1) is 0 Å². The van der Waals surface area contributed by atoms with Crippen LogP contribution in [0.5, 0.6) is 0 Å². The topological polar surface area (TPSA) is 83.5 Å². The zero-order valence-electron chi connectivity index (χ0n) is 23.3. The number of benzene rings is 2. The number of carbonyl (C=O) groups excluding carboxylic acids is 2. The van der Waals surface area contributed by atoms with Crippen LogP contribution in [-0.2, 0) is 25.7 Å². The number of aliphatic imine (C=N–C) groups is 1. The Morgan fingerprint density at radius 3 is 2.65 bits per heavy atom. The lowest BCUT2D eigenvalue weighted by Crippen LogP contribution is -2.42. The largest absolute Gasteiger partial charge is 0.457 e. The Morgan fingerprint density at radius 2 is 1.88 bits per heavy atom. The summed E-state index contributed by atoms with van der Waals surface area (Å²) in [6, 6.07) is 15.5. The van der Waals surface area contributed by atoms with E-state index < -0.39 is 12.0 Å². The van der Waals surface area contributed by atoms with Gasteiger partial charge in [0.1, 0.15) is 6.61 Å². The van der Waals surface area contributed by atoms with Crippen LogP contribution in [-0.4, -0.2) is 66.2 Å². The number of aryl methyl sites for hydroxylation is 2. The monoisotopic (exact) mass is 560 g/mol. The number of allylic oxidation sites excluding steroid dienone is 1. The molecule has 1 amide bonds. The summed E-state index contributed by atoms with van der Waals surface area (Å²) in [7, 11) is 0. The Balaban J connectivity index is 1.37. The highest BCUT2D eigenvalue weighted by Gasteiger charge is 2.41. The number of amidine groups is 1. The van der Waals surface area contributed by atoms with Crippen LogP contribution in [0.25, 0.3) is 0 Å². The van der Waals surface area contributed by atoms with Crippen molar-refractivity contribution in [3.63, 3.8) is 0 Å². The van der Waals surface area contributed by atoms with Crippen molar-refractivity contribution >= 4 is 28.8 Å². The highest BCUT2D eigenvalue weighted by molar-refractivity contribution is 8.16. The minimum Gasteiger partial charge on any atom is -0.457 e. The van der Waals surface area contributed by atoms with E-state index in [0.29, 0.717) is 17.8 Å². The predicted octanol–water partition coefficient (Wildman–Crippen LogP) is 4.46. The van der Waals surface area contributed by atoms with E-state index in [1.54, 1.807) is 0 Å². The first kappa shape index (κ1) is 28.1. The van der Waals surface area contributed by atoms with Crippen LogP contribution in [0.2, 0.25) is 0 Å². The molecule has 8 nitrogen and oxygen atoms in total. The third-order valence-corrected chi connectivity index (χ3v) is 8.25. The van der Waals surface area contributed by atoms with Crippen LogP contribution in [0.4, 0.5) is 0 Å². The number of hydrogen-bond donors (Lipinski definition) is 1. The number of esters is 1. The highest BCUT2D eigenvalue weighted by atomic mass is 32.2. The van der Waals surface area contributed by atoms with Gasteiger partial charge in [0.2, 0.25) is 5.91 Å². The van der Waals surface area contributed by atoms with E-state index in [-0.39, 0.29) is 18.9 Å². The normalized spacial score (nSPS) is 19.2. The van der Waals surface area contributed by atoms with E-state index in [1.165, 1.54) is 11.8 Å². The zero-order chi connectivity index (χ0) is 28.1. The molecule has 2 aromatic carbocycles. The molecule has 3 heterocycles. The van der Waals surface area contributed by atoms with Crippen molar-refractivity contribution < 1.29 is 19.1 Å². The molecular formula is C31H36N4O4S. The maximum absolute atomic E-state index is 13.7. The quantitative estimate of drug-likeness (QED) is 0.454. The van der Waals surface area contributed by atoms with E-state index in [1.807, 2.05) is 61.4 Å². The van der Waals surface area contributed by atoms with Crippen molar-refractivity contribution in [3.05, 3.63) is 93.2 Å². The third-order valence-electron chi connectivity index (χ3n) is 7.36. The van der Waals surface area contributed by atoms with Gasteiger partial charge in [-0.1, -0.05) is 65.9 Å². The number of ether oxygens (including phenoxy) is 2. The molecule has 1 atom stereocenters. The first-order valence-corrected chi connectivity index (χ1v) is 14.6. The van der Waals surface area contributed by atoms with Crippen molar-refractivity contribution in [3.8, 4) is 0 Å². The van der Waals surface area contributed by atoms with Gasteiger partial charge in [-0.25, -0.2) is 9.79 Å². The average Bonchev–Trinajstić information content (AvgIpc) is 3.35. The van der Waals surface area contributed by atoms with Crippen molar-refractivity contribution in [1.29, 1.82) is 0 Å². The van der Waals surface area contributed by atoms with Gasteiger partial charge in [0, 0.05) is 31.9 Å². The molecule has 210 valence electrons. The van der Waals surface area contributed by atoms with Gasteiger partial charge in [0.25, 0.3) is 0 Å². The molecule has 1 fully saturated rings. The van der Waals surface area contributed by atoms with E-state index >= 15 is 0 Å². The number of fused-ring (bicyclic) bond motifs is 1. The van der Waals surface area contributed by atoms with Gasteiger partial charge in [-0.3, -0.25) is 9.69 Å². The molecule has 0 aliphatic carbocycles. The van der Waals surface area contributed by atoms with Gasteiger partial charge in [0.15, 0.2) is 5.17 Å². The van der Waals surface area contributed by atoms with E-state index in [0.717, 1.165) is 66.0 Å². The Morgan fingerprint density at radius 1 is 1.10 bits per heavy atom. The molecule has 0 saturated carbocycles. The fourth-order valence-corrected chi connectivity index (χ4v) is 6.15. The van der Waals surface area contributed by atoms with E-state index in [4.69, 9.17) is 14.5 Å². The summed E-state index contributed by atoms with van der Waals surface area (Å²) in [6.07, 6.45) is 0.196. The van der Waals surface area contributed by atoms with Gasteiger partial charge in [-0.05, 0) is 42.9 Å². The maximum Gasteiger partial charge on any atom is 0.338 e. The molecule has 0 radical (unpaired) electrons. The Bertz CT molecular complexity index is 1350. The average molecular weight is 561 g/mol. The SMILES string of the molecule is CC1=C(C(=O)OCc2ccccc2)[C@@H](c2cc(C)ccc2C)N2C(CC(=O)NCCN3CCOCC3)=CSC2=N1. The number of hydrogen-bond acceptors (Lipinski definition) is 8. The zero-order valence-corrected chi connectivity index (χ0v) is 24.1. The molecule has 1 N–H and O–H groups in total. The molecule has 0 bridgehead atoms. The van der Waals surface area contributed by atoms with Gasteiger partial charge in [-0.2, -0.15) is 0 Å². The molecule has 0 aromatic heterocycles. The summed E-state index contributed by atoms with van der Waals surface area (Å²) in [5.41, 5.74) is 6.02. The minimum absolute atomic E-state index is 0.0550. The van der Waals surface area contributed by atoms with Crippen LogP contribution in [0, 0.1) is 13.8 Å². The second-order valence-corrected chi connectivity index (χ2v) is 11.1. The number of amides is 1. The molecule has 0 unspecified atom stereocenters. The van der Waals surface area contributed by atoms with Crippen LogP contribution in [0.1, 0.15) is 41.6 Å². The van der Waals surface area contributed by atoms with Crippen molar-refractivity contribution in [2.45, 2.75) is 39.8 Å². The van der Waals surface area contributed by atoms with Crippen LogP contribution in [0.15, 0.2) is 75.9 Å². The second-order valence-electron chi connectivity index (χ2n) is 10.3. The molecule has 40 heavy (non-hydrogen) atoms. The van der Waals surface area contributed by atoms with Gasteiger partial charge in [0.05, 0.1) is 36.9 Å². The van der Waals surface area contributed by atoms with Crippen LogP contribution >= 0.6 is 11.8 Å². The van der Waals surface area contributed by atoms with E-state index in [9.17, 15) is 9.59 Å². The summed E-state index contributed by atoms with van der Waals surface area (Å²) >= 11 is 1.48. The summed E-state index contributed by atoms with van der Waals surface area (Å²) < 4.78 is 11.2. The molecule has 0 spiro atoms. The number of nitrogens with one attached hydrogen (secondary N) is 1. The number of nitrogens with zero attached hydrogens (tertiary/aromatic N) is 3. The maximum atomic E-state index is 13.7. The minimum atomic E-state index is -0.446. The first-order valence-electron chi connectivity index (χ1n) is 13.7. The van der Waals surface area contributed by atoms with E-state index in [2.05, 4.69) is 28.4 Å². The molecule has 2 aromatic rings. The fraction of sp³-hybridized carbons (Fsp3) is 0.387. The standard InChI is InChI=1S/C31H36N4O4S/c1-21-9-10-22(2)26(17-21)29-28(30(37)39-19-24-7-5-4-6-8-24)23(3)33-31-35(29)25(20-40-31)18-27(36)32-11-12-34-13-15-38-16-14-34/h4-10,17,20,29H,11-16,18-19H2,1-3H3,(H,32,36)/t29-/m1/s1. The molecule has 3 aliphatic rings. The first-order chi connectivity index (χ1) is 19.4.